The van der Waals surface area contributed by atoms with E-state index in [2.05, 4.69) is 10.1 Å². The lowest BCUT2D eigenvalue weighted by atomic mass is 9.96. The summed E-state index contributed by atoms with van der Waals surface area (Å²) in [5.74, 6) is -0.484. The van der Waals surface area contributed by atoms with Crippen molar-refractivity contribution in [2.24, 2.45) is 4.99 Å². The first-order valence-electron chi connectivity index (χ1n) is 9.90. The monoisotopic (exact) mass is 456 g/mol. The highest BCUT2D eigenvalue weighted by atomic mass is 35.5. The molecule has 0 fully saturated rings. The Morgan fingerprint density at radius 2 is 2.03 bits per heavy atom. The minimum absolute atomic E-state index is 0.220. The fraction of sp³-hybridized carbons (Fsp3) is 0.273. The number of ether oxygens (including phenoxy) is 1. The molecule has 0 radical (unpaired) electrons. The van der Waals surface area contributed by atoms with Crippen LogP contribution in [0.4, 0.5) is 0 Å². The Hall–Kier alpha value is -2.97. The zero-order chi connectivity index (χ0) is 22.1. The van der Waals surface area contributed by atoms with Crippen molar-refractivity contribution >= 4 is 35.0 Å². The van der Waals surface area contributed by atoms with Crippen molar-refractivity contribution < 1.29 is 9.53 Å². The molecule has 160 valence electrons. The van der Waals surface area contributed by atoms with Crippen molar-refractivity contribution in [1.82, 2.24) is 14.3 Å². The van der Waals surface area contributed by atoms with E-state index < -0.39 is 12.0 Å². The molecule has 2 aromatic heterocycles. The summed E-state index contributed by atoms with van der Waals surface area (Å²) in [4.78, 5) is 31.3. The van der Waals surface area contributed by atoms with Crippen LogP contribution in [0.1, 0.15) is 37.9 Å². The Bertz CT molecular complexity index is 1350. The van der Waals surface area contributed by atoms with Crippen LogP contribution in [0.25, 0.3) is 6.08 Å². The molecule has 4 rings (SSSR count). The summed E-state index contributed by atoms with van der Waals surface area (Å²) in [6.45, 7) is 6.48. The van der Waals surface area contributed by atoms with Crippen LogP contribution in [-0.4, -0.2) is 26.9 Å². The quantitative estimate of drug-likeness (QED) is 0.553. The molecule has 0 saturated carbocycles. The van der Waals surface area contributed by atoms with Crippen molar-refractivity contribution in [3.05, 3.63) is 83.8 Å². The van der Waals surface area contributed by atoms with Crippen molar-refractivity contribution in [3.8, 4) is 0 Å². The number of benzene rings is 1. The second kappa shape index (κ2) is 8.64. The molecule has 9 heteroatoms. The number of esters is 1. The predicted octanol–water partition coefficient (Wildman–Crippen LogP) is 2.67. The van der Waals surface area contributed by atoms with Gasteiger partial charge in [0.05, 0.1) is 34.6 Å². The number of nitrogens with zero attached hydrogens (tertiary/aromatic N) is 4. The fourth-order valence-electron chi connectivity index (χ4n) is 3.53. The molecule has 0 saturated heterocycles. The van der Waals surface area contributed by atoms with Gasteiger partial charge in [-0.15, -0.1) is 0 Å². The molecular formula is C22H21ClN4O3S. The molecule has 0 spiro atoms. The highest BCUT2D eigenvalue weighted by Gasteiger charge is 2.33. The summed E-state index contributed by atoms with van der Waals surface area (Å²) in [7, 11) is 0. The van der Waals surface area contributed by atoms with Gasteiger partial charge in [-0.05, 0) is 44.5 Å². The lowest BCUT2D eigenvalue weighted by Crippen LogP contribution is -2.39. The third-order valence-corrected chi connectivity index (χ3v) is 6.21. The number of fused-ring (bicyclic) bond motifs is 1. The Balaban J connectivity index is 1.93. The number of aryl methyl sites for hydroxylation is 1. The van der Waals surface area contributed by atoms with Crippen LogP contribution in [0.5, 0.6) is 0 Å². The van der Waals surface area contributed by atoms with E-state index in [1.807, 2.05) is 25.3 Å². The first-order chi connectivity index (χ1) is 14.9. The summed E-state index contributed by atoms with van der Waals surface area (Å²) >= 11 is 7.35. The third-order valence-electron chi connectivity index (χ3n) is 4.98. The standard InChI is InChI=1S/C22H21ClN4O3S/c1-4-26-12-14(11-24-26)10-17-20(28)27-19(15-6-8-16(23)9-7-15)18(21(29)30-5-2)13(3)25-22(27)31-17/h6-12,19H,4-5H2,1-3H3/b17-10+. The van der Waals surface area contributed by atoms with E-state index in [0.29, 0.717) is 25.6 Å². The predicted molar refractivity (Wildman–Crippen MR) is 120 cm³/mol. The average Bonchev–Trinajstić information content (AvgIpc) is 3.32. The van der Waals surface area contributed by atoms with E-state index in [9.17, 15) is 9.59 Å². The van der Waals surface area contributed by atoms with Gasteiger partial charge in [0.15, 0.2) is 4.80 Å². The Kier molecular flexibility index (Phi) is 5.93. The van der Waals surface area contributed by atoms with Crippen molar-refractivity contribution in [2.75, 3.05) is 6.61 Å². The molecule has 3 aromatic rings. The largest absolute Gasteiger partial charge is 0.463 e. The van der Waals surface area contributed by atoms with Crippen LogP contribution in [0.3, 0.4) is 0 Å². The van der Waals surface area contributed by atoms with E-state index in [4.69, 9.17) is 16.3 Å². The van der Waals surface area contributed by atoms with Gasteiger partial charge in [-0.25, -0.2) is 9.79 Å². The number of allylic oxidation sites excluding steroid dienone is 1. The number of hydrogen-bond acceptors (Lipinski definition) is 6. The first kappa shape index (κ1) is 21.3. The van der Waals surface area contributed by atoms with Crippen LogP contribution in [0.2, 0.25) is 5.02 Å². The van der Waals surface area contributed by atoms with Gasteiger partial charge in [0.2, 0.25) is 0 Å². The molecule has 31 heavy (non-hydrogen) atoms. The number of aromatic nitrogens is 3. The number of rotatable bonds is 5. The summed E-state index contributed by atoms with van der Waals surface area (Å²) in [6.07, 6.45) is 5.39. The number of hydrogen-bond donors (Lipinski definition) is 0. The molecule has 0 bridgehead atoms. The van der Waals surface area contributed by atoms with E-state index in [-0.39, 0.29) is 12.2 Å². The Morgan fingerprint density at radius 3 is 2.68 bits per heavy atom. The first-order valence-corrected chi connectivity index (χ1v) is 11.1. The molecule has 7 nitrogen and oxygen atoms in total. The maximum atomic E-state index is 13.4. The van der Waals surface area contributed by atoms with Gasteiger partial charge >= 0.3 is 5.97 Å². The van der Waals surface area contributed by atoms with Crippen LogP contribution < -0.4 is 14.9 Å². The molecule has 0 amide bonds. The zero-order valence-corrected chi connectivity index (χ0v) is 18.9. The summed E-state index contributed by atoms with van der Waals surface area (Å²) in [5.41, 5.74) is 2.25. The Morgan fingerprint density at radius 1 is 1.29 bits per heavy atom. The lowest BCUT2D eigenvalue weighted by molar-refractivity contribution is -0.139. The minimum atomic E-state index is -0.645. The lowest BCUT2D eigenvalue weighted by Gasteiger charge is -2.24. The van der Waals surface area contributed by atoms with E-state index in [0.717, 1.165) is 17.7 Å². The smallest absolute Gasteiger partial charge is 0.338 e. The summed E-state index contributed by atoms with van der Waals surface area (Å²) < 4.78 is 9.16. The summed E-state index contributed by atoms with van der Waals surface area (Å²) in [6, 6.07) is 6.46. The van der Waals surface area contributed by atoms with Crippen LogP contribution >= 0.6 is 22.9 Å². The van der Waals surface area contributed by atoms with Gasteiger partial charge in [-0.2, -0.15) is 5.10 Å². The Labute approximate surface area is 187 Å². The third kappa shape index (κ3) is 4.00. The molecule has 1 aromatic carbocycles. The maximum absolute atomic E-state index is 13.4. The second-order valence-corrected chi connectivity index (χ2v) is 8.43. The zero-order valence-electron chi connectivity index (χ0n) is 17.3. The van der Waals surface area contributed by atoms with Gasteiger partial charge < -0.3 is 4.74 Å². The van der Waals surface area contributed by atoms with Crippen LogP contribution in [0, 0.1) is 0 Å². The molecule has 3 heterocycles. The van der Waals surface area contributed by atoms with Crippen molar-refractivity contribution in [3.63, 3.8) is 0 Å². The normalized spacial score (nSPS) is 16.3. The minimum Gasteiger partial charge on any atom is -0.463 e. The average molecular weight is 457 g/mol. The van der Waals surface area contributed by atoms with Crippen LogP contribution in [-0.2, 0) is 16.1 Å². The van der Waals surface area contributed by atoms with Gasteiger partial charge in [0.1, 0.15) is 0 Å². The second-order valence-electron chi connectivity index (χ2n) is 6.98. The summed E-state index contributed by atoms with van der Waals surface area (Å²) in [5, 5.41) is 4.83. The molecule has 1 unspecified atom stereocenters. The SMILES string of the molecule is CCOC(=O)C1=C(C)N=c2s/c(=C/c3cnn(CC)c3)c(=O)n2C1c1ccc(Cl)cc1. The van der Waals surface area contributed by atoms with E-state index >= 15 is 0 Å². The number of carbonyl (C=O) groups is 1. The topological polar surface area (TPSA) is 78.5 Å². The molecule has 0 aliphatic carbocycles. The molecular weight excluding hydrogens is 436 g/mol. The number of thiazole rings is 1. The molecule has 1 aliphatic rings. The van der Waals surface area contributed by atoms with E-state index in [1.54, 1.807) is 47.5 Å². The number of halogens is 1. The molecule has 0 N–H and O–H groups in total. The highest BCUT2D eigenvalue weighted by Crippen LogP contribution is 2.31. The van der Waals surface area contributed by atoms with Gasteiger partial charge in [0.25, 0.3) is 5.56 Å². The fourth-order valence-corrected chi connectivity index (χ4v) is 4.70. The van der Waals surface area contributed by atoms with Crippen molar-refractivity contribution in [1.29, 1.82) is 0 Å². The molecule has 1 atom stereocenters. The number of carbonyl (C=O) groups excluding carboxylic acids is 1. The van der Waals surface area contributed by atoms with E-state index in [1.165, 1.54) is 11.3 Å². The maximum Gasteiger partial charge on any atom is 0.338 e. The van der Waals surface area contributed by atoms with Crippen LogP contribution in [0.15, 0.2) is 57.7 Å². The van der Waals surface area contributed by atoms with Gasteiger partial charge in [-0.1, -0.05) is 35.1 Å². The molecule has 1 aliphatic heterocycles. The van der Waals surface area contributed by atoms with Gasteiger partial charge in [-0.3, -0.25) is 14.0 Å². The van der Waals surface area contributed by atoms with Gasteiger partial charge in [0, 0.05) is 23.3 Å². The highest BCUT2D eigenvalue weighted by molar-refractivity contribution is 7.07. The van der Waals surface area contributed by atoms with Crippen molar-refractivity contribution in [2.45, 2.75) is 33.4 Å².